The molecule has 1 amide bonds. The summed E-state index contributed by atoms with van der Waals surface area (Å²) in [5.41, 5.74) is 2.40. The summed E-state index contributed by atoms with van der Waals surface area (Å²) >= 11 is 3.36. The van der Waals surface area contributed by atoms with Crippen LogP contribution in [0.15, 0.2) is 47.2 Å². The van der Waals surface area contributed by atoms with Gasteiger partial charge in [0.25, 0.3) is 0 Å². The van der Waals surface area contributed by atoms with E-state index in [-0.39, 0.29) is 29.8 Å². The summed E-state index contributed by atoms with van der Waals surface area (Å²) in [4.78, 5) is 19.5. The van der Waals surface area contributed by atoms with Gasteiger partial charge in [-0.15, -0.1) is 11.3 Å². The fourth-order valence-corrected chi connectivity index (χ4v) is 8.09. The minimum atomic E-state index is -0.601. The molecular formula is C27H32N2O3S2. The van der Waals surface area contributed by atoms with Crippen molar-refractivity contribution in [3.8, 4) is 10.6 Å². The van der Waals surface area contributed by atoms with Crippen LogP contribution in [0.5, 0.6) is 0 Å². The number of thiophene rings is 1. The summed E-state index contributed by atoms with van der Waals surface area (Å²) in [7, 11) is 0. The molecule has 2 aliphatic carbocycles. The van der Waals surface area contributed by atoms with Crippen LogP contribution in [0, 0.1) is 16.7 Å². The third kappa shape index (κ3) is 4.02. The molecule has 2 aliphatic rings. The van der Waals surface area contributed by atoms with Crippen molar-refractivity contribution in [3.05, 3.63) is 63.3 Å². The number of nitrogens with one attached hydrogen (secondary N) is 1. The zero-order valence-corrected chi connectivity index (χ0v) is 21.3. The van der Waals surface area contributed by atoms with E-state index in [2.05, 4.69) is 29.1 Å². The summed E-state index contributed by atoms with van der Waals surface area (Å²) in [6.45, 7) is 4.70. The average Bonchev–Trinajstić information content (AvgIpc) is 3.52. The second-order valence-corrected chi connectivity index (χ2v) is 12.2. The van der Waals surface area contributed by atoms with Crippen LogP contribution >= 0.6 is 22.7 Å². The lowest BCUT2D eigenvalue weighted by Gasteiger charge is -2.58. The molecule has 0 radical (unpaired) electrons. The van der Waals surface area contributed by atoms with Gasteiger partial charge in [0.05, 0.1) is 18.4 Å². The van der Waals surface area contributed by atoms with E-state index in [1.807, 2.05) is 37.3 Å². The number of fused-ring (bicyclic) bond motifs is 2. The fourth-order valence-electron chi connectivity index (χ4n) is 6.21. The number of carbonyl (C=O) groups is 1. The first-order chi connectivity index (χ1) is 16.3. The minimum absolute atomic E-state index is 0.0172. The highest BCUT2D eigenvalue weighted by molar-refractivity contribution is 7.15. The van der Waals surface area contributed by atoms with Gasteiger partial charge in [-0.25, -0.2) is 4.98 Å². The number of aliphatic hydroxyl groups is 2. The predicted octanol–water partition coefficient (Wildman–Crippen LogP) is 4.99. The highest BCUT2D eigenvalue weighted by Gasteiger charge is 2.59. The first-order valence-electron chi connectivity index (χ1n) is 12.0. The predicted molar refractivity (Wildman–Crippen MR) is 137 cm³/mol. The summed E-state index contributed by atoms with van der Waals surface area (Å²) in [5.74, 6) is 0.0339. The van der Waals surface area contributed by atoms with Crippen molar-refractivity contribution in [2.75, 3.05) is 6.61 Å². The van der Waals surface area contributed by atoms with Crippen molar-refractivity contribution in [1.82, 2.24) is 10.3 Å². The number of rotatable bonds is 6. The molecule has 0 spiro atoms. The molecule has 5 rings (SSSR count). The number of hydrogen-bond donors (Lipinski definition) is 3. The van der Waals surface area contributed by atoms with Crippen LogP contribution < -0.4 is 5.32 Å². The molecule has 180 valence electrons. The molecule has 3 aromatic rings. The molecule has 3 N–H and O–H groups in total. The lowest BCUT2D eigenvalue weighted by atomic mass is 9.47. The van der Waals surface area contributed by atoms with E-state index in [1.54, 1.807) is 22.7 Å². The van der Waals surface area contributed by atoms with Crippen LogP contribution in [0.4, 0.5) is 0 Å². The fraction of sp³-hybridized carbons (Fsp3) is 0.481. The minimum Gasteiger partial charge on any atom is -0.396 e. The number of aliphatic hydroxyl groups excluding tert-OH is 2. The van der Waals surface area contributed by atoms with Crippen LogP contribution in [0.1, 0.15) is 55.2 Å². The molecule has 0 bridgehead atoms. The number of aromatic nitrogens is 1. The molecule has 1 saturated carbocycles. The van der Waals surface area contributed by atoms with Gasteiger partial charge in [-0.05, 0) is 47.6 Å². The molecule has 34 heavy (non-hydrogen) atoms. The third-order valence-corrected chi connectivity index (χ3v) is 10.2. The molecule has 1 aromatic carbocycles. The van der Waals surface area contributed by atoms with Crippen molar-refractivity contribution < 1.29 is 15.0 Å². The van der Waals surface area contributed by atoms with Crippen LogP contribution in [-0.2, 0) is 17.8 Å². The van der Waals surface area contributed by atoms with E-state index in [0.717, 1.165) is 34.7 Å². The number of carbonyl (C=O) groups excluding carboxylic acids is 1. The third-order valence-electron chi connectivity index (χ3n) is 8.38. The quantitative estimate of drug-likeness (QED) is 0.449. The number of thiazole rings is 1. The Morgan fingerprint density at radius 2 is 2.03 bits per heavy atom. The normalized spacial score (nSPS) is 30.4. The van der Waals surface area contributed by atoms with Crippen molar-refractivity contribution in [3.63, 3.8) is 0 Å². The lowest BCUT2D eigenvalue weighted by Crippen LogP contribution is -2.57. The Morgan fingerprint density at radius 1 is 1.24 bits per heavy atom. The van der Waals surface area contributed by atoms with Crippen molar-refractivity contribution >= 4 is 28.6 Å². The first-order valence-corrected chi connectivity index (χ1v) is 13.7. The lowest BCUT2D eigenvalue weighted by molar-refractivity contribution is -0.144. The monoisotopic (exact) mass is 496 g/mol. The highest BCUT2D eigenvalue weighted by Crippen LogP contribution is 2.62. The molecule has 2 aromatic heterocycles. The molecular weight excluding hydrogens is 464 g/mol. The van der Waals surface area contributed by atoms with Gasteiger partial charge in [0, 0.05) is 40.1 Å². The smallest absolute Gasteiger partial charge is 0.220 e. The SMILES string of the molecule is CC1(CO)C(O)CCC2(C)C(CC(=O)NCc3ccccc3)c3nc(-c4ccsc4)sc3CC12. The summed E-state index contributed by atoms with van der Waals surface area (Å²) in [6.07, 6.45) is 2.04. The van der Waals surface area contributed by atoms with E-state index in [1.165, 1.54) is 4.88 Å². The molecule has 5 nitrogen and oxygen atoms in total. The number of nitrogens with zero attached hydrogens (tertiary/aromatic N) is 1. The van der Waals surface area contributed by atoms with Gasteiger partial charge in [0.15, 0.2) is 0 Å². The summed E-state index contributed by atoms with van der Waals surface area (Å²) in [5, 5.41) is 29.6. The second-order valence-electron chi connectivity index (χ2n) is 10.3. The van der Waals surface area contributed by atoms with E-state index in [9.17, 15) is 15.0 Å². The van der Waals surface area contributed by atoms with Crippen molar-refractivity contribution in [2.45, 2.75) is 58.1 Å². The zero-order chi connectivity index (χ0) is 23.9. The van der Waals surface area contributed by atoms with Crippen molar-refractivity contribution in [2.24, 2.45) is 16.7 Å². The van der Waals surface area contributed by atoms with Gasteiger partial charge < -0.3 is 15.5 Å². The van der Waals surface area contributed by atoms with Crippen LogP contribution in [0.3, 0.4) is 0 Å². The average molecular weight is 497 g/mol. The topological polar surface area (TPSA) is 82.5 Å². The molecule has 5 atom stereocenters. The number of hydrogen-bond acceptors (Lipinski definition) is 6. The van der Waals surface area contributed by atoms with E-state index in [0.29, 0.717) is 19.4 Å². The van der Waals surface area contributed by atoms with E-state index >= 15 is 0 Å². The summed E-state index contributed by atoms with van der Waals surface area (Å²) < 4.78 is 0. The van der Waals surface area contributed by atoms with Gasteiger partial charge in [-0.1, -0.05) is 44.2 Å². The zero-order valence-electron chi connectivity index (χ0n) is 19.7. The van der Waals surface area contributed by atoms with Crippen LogP contribution in [0.25, 0.3) is 10.6 Å². The number of amides is 1. The Kier molecular flexibility index (Phi) is 6.40. The Balaban J connectivity index is 1.49. The maximum absolute atomic E-state index is 13.2. The van der Waals surface area contributed by atoms with Gasteiger partial charge in [-0.2, -0.15) is 11.3 Å². The van der Waals surface area contributed by atoms with Gasteiger partial charge in [0.2, 0.25) is 5.91 Å². The number of benzene rings is 1. The largest absolute Gasteiger partial charge is 0.396 e. The molecule has 2 heterocycles. The molecule has 0 saturated heterocycles. The molecule has 7 heteroatoms. The summed E-state index contributed by atoms with van der Waals surface area (Å²) in [6, 6.07) is 12.0. The molecule has 1 fully saturated rings. The van der Waals surface area contributed by atoms with E-state index < -0.39 is 11.5 Å². The first kappa shape index (κ1) is 23.7. The highest BCUT2D eigenvalue weighted by atomic mass is 32.1. The van der Waals surface area contributed by atoms with E-state index in [4.69, 9.17) is 4.98 Å². The van der Waals surface area contributed by atoms with Crippen LogP contribution in [0.2, 0.25) is 0 Å². The van der Waals surface area contributed by atoms with Crippen molar-refractivity contribution in [1.29, 1.82) is 0 Å². The second kappa shape index (κ2) is 9.19. The maximum atomic E-state index is 13.2. The molecule has 0 aliphatic heterocycles. The molecule has 5 unspecified atom stereocenters. The maximum Gasteiger partial charge on any atom is 0.220 e. The van der Waals surface area contributed by atoms with Gasteiger partial charge in [0.1, 0.15) is 5.01 Å². The Bertz CT molecular complexity index is 1150. The standard InChI is InChI=1S/C27H32N2O3S2/c1-26-10-8-22(31)27(2,16-30)21(26)13-20-24(29-25(34-20)18-9-11-33-15-18)19(26)12-23(32)28-14-17-6-4-3-5-7-17/h3-7,9,11,15,19,21-22,30-31H,8,10,12-14,16H2,1-2H3,(H,28,32). The Morgan fingerprint density at radius 3 is 2.74 bits per heavy atom. The Labute approximate surface area is 208 Å². The Hall–Kier alpha value is -2.06. The van der Waals surface area contributed by atoms with Crippen LogP contribution in [-0.4, -0.2) is 33.8 Å². The van der Waals surface area contributed by atoms with Gasteiger partial charge >= 0.3 is 0 Å². The van der Waals surface area contributed by atoms with Gasteiger partial charge in [-0.3, -0.25) is 4.79 Å².